The van der Waals surface area contributed by atoms with E-state index in [-0.39, 0.29) is 5.91 Å². The fourth-order valence-electron chi connectivity index (χ4n) is 3.59. The Bertz CT molecular complexity index is 794. The van der Waals surface area contributed by atoms with Crippen LogP contribution in [0.5, 0.6) is 11.5 Å². The third-order valence-corrected chi connectivity index (χ3v) is 5.06. The molecule has 3 rings (SSSR count). The topological polar surface area (TPSA) is 63.7 Å². The van der Waals surface area contributed by atoms with Crippen LogP contribution in [0.25, 0.3) is 0 Å². The van der Waals surface area contributed by atoms with Gasteiger partial charge in [-0.15, -0.1) is 0 Å². The van der Waals surface area contributed by atoms with E-state index in [0.717, 1.165) is 18.7 Å². The minimum Gasteiger partial charge on any atom is -0.493 e. The van der Waals surface area contributed by atoms with Crippen molar-refractivity contribution in [1.29, 1.82) is 0 Å². The molecule has 1 saturated heterocycles. The highest BCUT2D eigenvalue weighted by Gasteiger charge is 2.22. The number of nitrogens with one attached hydrogen (secondary N) is 1. The highest BCUT2D eigenvalue weighted by atomic mass is 16.5. The summed E-state index contributed by atoms with van der Waals surface area (Å²) >= 11 is 0. The van der Waals surface area contributed by atoms with Crippen molar-refractivity contribution in [2.24, 2.45) is 0 Å². The number of hydrogen-bond acceptors (Lipinski definition) is 5. The van der Waals surface area contributed by atoms with Crippen LogP contribution in [0, 0.1) is 0 Å². The molecule has 6 heteroatoms. The van der Waals surface area contributed by atoms with E-state index >= 15 is 0 Å². The summed E-state index contributed by atoms with van der Waals surface area (Å²) in [6, 6.07) is 7.74. The molecule has 1 amide bonds. The van der Waals surface area contributed by atoms with E-state index in [9.17, 15) is 4.79 Å². The zero-order valence-corrected chi connectivity index (χ0v) is 16.2. The fraction of sp³-hybridized carbons (Fsp3) is 0.429. The quantitative estimate of drug-likeness (QED) is 0.830. The van der Waals surface area contributed by atoms with Gasteiger partial charge in [0.05, 0.1) is 31.7 Å². The standard InChI is InChI=1S/C21H27N3O3/c1-4-17-7-5-6-10-24(17)18-11-15(13-22-14-18)21(25)23-16-8-9-19(26-2)20(12-16)27-3/h8-9,11-14,17H,4-7,10H2,1-3H3,(H,23,25). The Labute approximate surface area is 160 Å². The van der Waals surface area contributed by atoms with E-state index in [4.69, 9.17) is 9.47 Å². The van der Waals surface area contributed by atoms with Gasteiger partial charge in [0.15, 0.2) is 11.5 Å². The highest BCUT2D eigenvalue weighted by Crippen LogP contribution is 2.30. The van der Waals surface area contributed by atoms with Crippen molar-refractivity contribution < 1.29 is 14.3 Å². The van der Waals surface area contributed by atoms with Gasteiger partial charge in [0.1, 0.15) is 0 Å². The molecule has 1 aliphatic heterocycles. The van der Waals surface area contributed by atoms with Crippen LogP contribution in [0.15, 0.2) is 36.7 Å². The van der Waals surface area contributed by atoms with E-state index in [0.29, 0.717) is 28.8 Å². The number of carbonyl (C=O) groups is 1. The fourth-order valence-corrected chi connectivity index (χ4v) is 3.59. The Morgan fingerprint density at radius 3 is 2.74 bits per heavy atom. The Morgan fingerprint density at radius 1 is 1.19 bits per heavy atom. The summed E-state index contributed by atoms with van der Waals surface area (Å²) < 4.78 is 10.5. The molecule has 2 aromatic rings. The SMILES string of the molecule is CCC1CCCCN1c1cncc(C(=O)Nc2ccc(OC)c(OC)c2)c1. The maximum Gasteiger partial charge on any atom is 0.257 e. The van der Waals surface area contributed by atoms with Gasteiger partial charge in [-0.05, 0) is 43.9 Å². The van der Waals surface area contributed by atoms with E-state index in [1.54, 1.807) is 38.6 Å². The number of amides is 1. The summed E-state index contributed by atoms with van der Waals surface area (Å²) in [4.78, 5) is 19.4. The number of methoxy groups -OCH3 is 2. The summed E-state index contributed by atoms with van der Waals surface area (Å²) in [5.74, 6) is 0.998. The third-order valence-electron chi connectivity index (χ3n) is 5.06. The molecule has 27 heavy (non-hydrogen) atoms. The second-order valence-electron chi connectivity index (χ2n) is 6.71. The molecule has 0 spiro atoms. The highest BCUT2D eigenvalue weighted by molar-refractivity contribution is 6.04. The molecule has 0 radical (unpaired) electrons. The van der Waals surface area contributed by atoms with Gasteiger partial charge in [-0.25, -0.2) is 0 Å². The summed E-state index contributed by atoms with van der Waals surface area (Å²) in [7, 11) is 3.15. The van der Waals surface area contributed by atoms with E-state index < -0.39 is 0 Å². The monoisotopic (exact) mass is 369 g/mol. The van der Waals surface area contributed by atoms with E-state index in [1.807, 2.05) is 12.3 Å². The Hall–Kier alpha value is -2.76. The Balaban J connectivity index is 1.77. The number of anilines is 2. The zero-order valence-electron chi connectivity index (χ0n) is 16.2. The molecule has 0 saturated carbocycles. The van der Waals surface area contributed by atoms with Gasteiger partial charge in [0, 0.05) is 30.5 Å². The van der Waals surface area contributed by atoms with Crippen LogP contribution < -0.4 is 19.7 Å². The first kappa shape index (κ1) is 19.0. The minimum atomic E-state index is -0.193. The van der Waals surface area contributed by atoms with Crippen molar-refractivity contribution in [3.63, 3.8) is 0 Å². The van der Waals surface area contributed by atoms with Crippen molar-refractivity contribution in [3.8, 4) is 11.5 Å². The molecule has 2 heterocycles. The number of piperidine rings is 1. The number of pyridine rings is 1. The maximum absolute atomic E-state index is 12.7. The number of aromatic nitrogens is 1. The summed E-state index contributed by atoms with van der Waals surface area (Å²) in [6.45, 7) is 3.23. The van der Waals surface area contributed by atoms with Crippen LogP contribution in [0.4, 0.5) is 11.4 Å². The number of rotatable bonds is 6. The maximum atomic E-state index is 12.7. The van der Waals surface area contributed by atoms with E-state index in [1.165, 1.54) is 19.3 Å². The molecule has 0 bridgehead atoms. The van der Waals surface area contributed by atoms with Gasteiger partial charge in [0.2, 0.25) is 0 Å². The number of nitrogens with zero attached hydrogens (tertiary/aromatic N) is 2. The van der Waals surface area contributed by atoms with Crippen molar-refractivity contribution in [2.45, 2.75) is 38.6 Å². The van der Waals surface area contributed by atoms with Crippen molar-refractivity contribution in [3.05, 3.63) is 42.2 Å². The largest absolute Gasteiger partial charge is 0.493 e. The lowest BCUT2D eigenvalue weighted by atomic mass is 9.99. The van der Waals surface area contributed by atoms with Gasteiger partial charge in [-0.2, -0.15) is 0 Å². The molecular weight excluding hydrogens is 342 g/mol. The number of hydrogen-bond donors (Lipinski definition) is 1. The molecule has 1 N–H and O–H groups in total. The van der Waals surface area contributed by atoms with Crippen molar-refractivity contribution in [2.75, 3.05) is 31.0 Å². The van der Waals surface area contributed by atoms with Gasteiger partial charge < -0.3 is 19.7 Å². The second kappa shape index (κ2) is 8.75. The summed E-state index contributed by atoms with van der Waals surface area (Å²) in [6.07, 6.45) is 8.19. The average Bonchev–Trinajstić information content (AvgIpc) is 2.73. The molecule has 0 aliphatic carbocycles. The van der Waals surface area contributed by atoms with Crippen LogP contribution in [0.3, 0.4) is 0 Å². The van der Waals surface area contributed by atoms with Crippen molar-refractivity contribution in [1.82, 2.24) is 4.98 Å². The first-order chi connectivity index (χ1) is 13.2. The zero-order chi connectivity index (χ0) is 19.2. The number of carbonyl (C=O) groups excluding carboxylic acids is 1. The Morgan fingerprint density at radius 2 is 2.00 bits per heavy atom. The molecule has 1 unspecified atom stereocenters. The molecule has 6 nitrogen and oxygen atoms in total. The molecule has 1 aliphatic rings. The normalized spacial score (nSPS) is 16.7. The lowest BCUT2D eigenvalue weighted by molar-refractivity contribution is 0.102. The summed E-state index contributed by atoms with van der Waals surface area (Å²) in [5, 5.41) is 2.91. The van der Waals surface area contributed by atoms with Crippen LogP contribution in [-0.4, -0.2) is 37.7 Å². The second-order valence-corrected chi connectivity index (χ2v) is 6.71. The van der Waals surface area contributed by atoms with Gasteiger partial charge >= 0.3 is 0 Å². The lowest BCUT2D eigenvalue weighted by Gasteiger charge is -2.37. The van der Waals surface area contributed by atoms with Crippen LogP contribution in [0.1, 0.15) is 43.0 Å². The molecule has 1 aromatic heterocycles. The molecular formula is C21H27N3O3. The predicted molar refractivity (Wildman–Crippen MR) is 107 cm³/mol. The molecule has 1 atom stereocenters. The van der Waals surface area contributed by atoms with Crippen LogP contribution in [0.2, 0.25) is 0 Å². The molecule has 1 fully saturated rings. The minimum absolute atomic E-state index is 0.193. The number of benzene rings is 1. The van der Waals surface area contributed by atoms with Crippen LogP contribution >= 0.6 is 0 Å². The van der Waals surface area contributed by atoms with Gasteiger partial charge in [-0.1, -0.05) is 6.92 Å². The molecule has 144 valence electrons. The van der Waals surface area contributed by atoms with Gasteiger partial charge in [0.25, 0.3) is 5.91 Å². The van der Waals surface area contributed by atoms with Crippen molar-refractivity contribution >= 4 is 17.3 Å². The smallest absolute Gasteiger partial charge is 0.257 e. The average molecular weight is 369 g/mol. The van der Waals surface area contributed by atoms with Gasteiger partial charge in [-0.3, -0.25) is 9.78 Å². The molecule has 1 aromatic carbocycles. The van der Waals surface area contributed by atoms with E-state index in [2.05, 4.69) is 22.1 Å². The lowest BCUT2D eigenvalue weighted by Crippen LogP contribution is -2.39. The first-order valence-corrected chi connectivity index (χ1v) is 9.41. The Kier molecular flexibility index (Phi) is 6.16. The summed E-state index contributed by atoms with van der Waals surface area (Å²) in [5.41, 5.74) is 2.21. The number of ether oxygens (including phenoxy) is 2. The first-order valence-electron chi connectivity index (χ1n) is 9.41. The third kappa shape index (κ3) is 4.32. The predicted octanol–water partition coefficient (Wildman–Crippen LogP) is 4.12. The van der Waals surface area contributed by atoms with Crippen LogP contribution in [-0.2, 0) is 0 Å².